The third-order valence-electron chi connectivity index (χ3n) is 2.51. The van der Waals surface area contributed by atoms with Crippen molar-refractivity contribution in [2.45, 2.75) is 0 Å². The summed E-state index contributed by atoms with van der Waals surface area (Å²) in [6.07, 6.45) is 5.13. The molecule has 2 heterocycles. The topological polar surface area (TPSA) is 85.4 Å². The van der Waals surface area contributed by atoms with Crippen molar-refractivity contribution in [2.24, 2.45) is 0 Å². The van der Waals surface area contributed by atoms with Crippen LogP contribution in [0.5, 0.6) is 0 Å². The Morgan fingerprint density at radius 3 is 2.94 bits per heavy atom. The van der Waals surface area contributed by atoms with E-state index in [4.69, 9.17) is 5.73 Å². The number of nitrogens with zero attached hydrogens (tertiary/aromatic N) is 4. The lowest BCUT2D eigenvalue weighted by Crippen LogP contribution is -1.95. The predicted octanol–water partition coefficient (Wildman–Crippen LogP) is 1.24. The van der Waals surface area contributed by atoms with Gasteiger partial charge in [-0.1, -0.05) is 17.3 Å². The minimum absolute atomic E-state index is 0.556. The summed E-state index contributed by atoms with van der Waals surface area (Å²) in [4.78, 5) is 0. The van der Waals surface area contributed by atoms with Crippen molar-refractivity contribution in [3.05, 3.63) is 42.9 Å². The largest absolute Gasteiger partial charge is 0.384 e. The van der Waals surface area contributed by atoms with Gasteiger partial charge in [-0.05, 0) is 17.7 Å². The summed E-state index contributed by atoms with van der Waals surface area (Å²) in [5.74, 6) is 0.556. The van der Waals surface area contributed by atoms with Crippen LogP contribution in [0.4, 0.5) is 5.82 Å². The van der Waals surface area contributed by atoms with E-state index in [1.165, 1.54) is 0 Å². The van der Waals surface area contributed by atoms with Gasteiger partial charge in [-0.2, -0.15) is 5.10 Å². The molecule has 0 fully saturated rings. The van der Waals surface area contributed by atoms with Crippen LogP contribution in [0, 0.1) is 0 Å². The molecule has 17 heavy (non-hydrogen) atoms. The van der Waals surface area contributed by atoms with Crippen LogP contribution in [0.15, 0.2) is 42.9 Å². The molecule has 0 aliphatic carbocycles. The number of nitrogens with one attached hydrogen (secondary N) is 1. The Morgan fingerprint density at radius 1 is 1.29 bits per heavy atom. The maximum absolute atomic E-state index is 5.79. The molecule has 0 bridgehead atoms. The number of rotatable bonds is 2. The summed E-state index contributed by atoms with van der Waals surface area (Å²) in [6, 6.07) is 7.85. The number of aromatic nitrogens is 5. The van der Waals surface area contributed by atoms with Crippen molar-refractivity contribution >= 4 is 5.82 Å². The number of nitrogens with two attached hydrogens (primary N) is 1. The molecular formula is C11H10N6. The van der Waals surface area contributed by atoms with E-state index >= 15 is 0 Å². The van der Waals surface area contributed by atoms with Gasteiger partial charge < -0.3 is 5.73 Å². The van der Waals surface area contributed by atoms with Gasteiger partial charge in [0, 0.05) is 5.56 Å². The molecule has 1 aromatic carbocycles. The first-order valence-electron chi connectivity index (χ1n) is 5.10. The zero-order chi connectivity index (χ0) is 11.7. The summed E-state index contributed by atoms with van der Waals surface area (Å²) in [7, 11) is 0. The van der Waals surface area contributed by atoms with Crippen molar-refractivity contribution in [1.82, 2.24) is 25.2 Å². The highest BCUT2D eigenvalue weighted by molar-refractivity contribution is 5.74. The quantitative estimate of drug-likeness (QED) is 0.688. The molecule has 0 spiro atoms. The zero-order valence-corrected chi connectivity index (χ0v) is 8.91. The number of anilines is 1. The first-order valence-corrected chi connectivity index (χ1v) is 5.10. The smallest absolute Gasteiger partial charge is 0.126 e. The summed E-state index contributed by atoms with van der Waals surface area (Å²) < 4.78 is 1.69. The lowest BCUT2D eigenvalue weighted by Gasteiger charge is -2.03. The minimum Gasteiger partial charge on any atom is -0.384 e. The van der Waals surface area contributed by atoms with Crippen LogP contribution >= 0.6 is 0 Å². The molecule has 0 amide bonds. The standard InChI is InChI=1S/C11H10N6/c12-11-10(7-14-15-11)8-2-1-3-9(6-8)17-5-4-13-16-17/h1-7H,(H3,12,14,15). The van der Waals surface area contributed by atoms with Crippen molar-refractivity contribution in [1.29, 1.82) is 0 Å². The van der Waals surface area contributed by atoms with Crippen molar-refractivity contribution in [2.75, 3.05) is 5.73 Å². The average molecular weight is 226 g/mol. The van der Waals surface area contributed by atoms with Crippen molar-refractivity contribution < 1.29 is 0 Å². The molecule has 0 unspecified atom stereocenters. The summed E-state index contributed by atoms with van der Waals surface area (Å²) in [5.41, 5.74) is 8.59. The van der Waals surface area contributed by atoms with E-state index in [0.717, 1.165) is 16.8 Å². The van der Waals surface area contributed by atoms with Gasteiger partial charge in [-0.15, -0.1) is 5.10 Å². The second kappa shape index (κ2) is 3.75. The maximum Gasteiger partial charge on any atom is 0.126 e. The molecule has 6 heteroatoms. The van der Waals surface area contributed by atoms with Gasteiger partial charge >= 0.3 is 0 Å². The molecule has 0 aliphatic heterocycles. The Kier molecular flexibility index (Phi) is 2.11. The zero-order valence-electron chi connectivity index (χ0n) is 8.91. The maximum atomic E-state index is 5.79. The van der Waals surface area contributed by atoms with Crippen molar-refractivity contribution in [3.63, 3.8) is 0 Å². The molecule has 0 aliphatic rings. The van der Waals surface area contributed by atoms with Gasteiger partial charge in [0.25, 0.3) is 0 Å². The number of benzene rings is 1. The molecular weight excluding hydrogens is 216 g/mol. The molecule has 84 valence electrons. The lowest BCUT2D eigenvalue weighted by atomic mass is 10.1. The minimum atomic E-state index is 0.556. The van der Waals surface area contributed by atoms with Crippen LogP contribution in [-0.4, -0.2) is 25.2 Å². The molecule has 0 radical (unpaired) electrons. The Labute approximate surface area is 97.1 Å². The normalized spacial score (nSPS) is 10.6. The Bertz CT molecular complexity index is 625. The molecule has 6 nitrogen and oxygen atoms in total. The van der Waals surface area contributed by atoms with Gasteiger partial charge in [0.2, 0.25) is 0 Å². The Hall–Kier alpha value is -2.63. The van der Waals surface area contributed by atoms with Crippen LogP contribution in [0.3, 0.4) is 0 Å². The fourth-order valence-corrected chi connectivity index (χ4v) is 1.69. The van der Waals surface area contributed by atoms with Gasteiger partial charge in [-0.3, -0.25) is 5.10 Å². The predicted molar refractivity (Wildman–Crippen MR) is 63.4 cm³/mol. The molecule has 0 saturated heterocycles. The summed E-state index contributed by atoms with van der Waals surface area (Å²) in [5, 5.41) is 14.3. The van der Waals surface area contributed by atoms with Gasteiger partial charge in [0.05, 0.1) is 24.3 Å². The SMILES string of the molecule is Nc1[nH]ncc1-c1cccc(-n2ccnn2)c1. The van der Waals surface area contributed by atoms with Crippen molar-refractivity contribution in [3.8, 4) is 16.8 Å². The molecule has 0 saturated carbocycles. The van der Waals surface area contributed by atoms with E-state index in [-0.39, 0.29) is 0 Å². The average Bonchev–Trinajstić information content (AvgIpc) is 2.99. The Morgan fingerprint density at radius 2 is 2.24 bits per heavy atom. The van der Waals surface area contributed by atoms with Gasteiger partial charge in [-0.25, -0.2) is 4.68 Å². The highest BCUT2D eigenvalue weighted by Crippen LogP contribution is 2.25. The number of H-pyrrole nitrogens is 1. The monoisotopic (exact) mass is 226 g/mol. The Balaban J connectivity index is 2.09. The molecule has 2 aromatic heterocycles. The van der Waals surface area contributed by atoms with Crippen LogP contribution in [-0.2, 0) is 0 Å². The highest BCUT2D eigenvalue weighted by Gasteiger charge is 2.06. The van der Waals surface area contributed by atoms with E-state index in [2.05, 4.69) is 20.5 Å². The van der Waals surface area contributed by atoms with E-state index in [1.807, 2.05) is 24.3 Å². The highest BCUT2D eigenvalue weighted by atomic mass is 15.4. The van der Waals surface area contributed by atoms with Gasteiger partial charge in [0.15, 0.2) is 0 Å². The first kappa shape index (κ1) is 9.59. The number of nitrogen functional groups attached to an aromatic ring is 1. The fraction of sp³-hybridized carbons (Fsp3) is 0. The van der Waals surface area contributed by atoms with E-state index in [0.29, 0.717) is 5.82 Å². The van der Waals surface area contributed by atoms with Crippen LogP contribution in [0.2, 0.25) is 0 Å². The third-order valence-corrected chi connectivity index (χ3v) is 2.51. The third kappa shape index (κ3) is 1.65. The van der Waals surface area contributed by atoms with E-state index in [1.54, 1.807) is 23.3 Å². The number of aromatic amines is 1. The summed E-state index contributed by atoms with van der Waals surface area (Å²) >= 11 is 0. The number of hydrogen-bond acceptors (Lipinski definition) is 4. The van der Waals surface area contributed by atoms with Crippen LogP contribution in [0.25, 0.3) is 16.8 Å². The number of hydrogen-bond donors (Lipinski definition) is 2. The molecule has 3 aromatic rings. The second-order valence-electron chi connectivity index (χ2n) is 3.60. The van der Waals surface area contributed by atoms with E-state index in [9.17, 15) is 0 Å². The molecule has 3 N–H and O–H groups in total. The van der Waals surface area contributed by atoms with Gasteiger partial charge in [0.1, 0.15) is 5.82 Å². The first-order chi connectivity index (χ1) is 8.34. The van der Waals surface area contributed by atoms with Crippen LogP contribution < -0.4 is 5.73 Å². The molecule has 3 rings (SSSR count). The second-order valence-corrected chi connectivity index (χ2v) is 3.60. The fourth-order valence-electron chi connectivity index (χ4n) is 1.69. The van der Waals surface area contributed by atoms with E-state index < -0.39 is 0 Å². The van der Waals surface area contributed by atoms with Crippen LogP contribution in [0.1, 0.15) is 0 Å². The lowest BCUT2D eigenvalue weighted by molar-refractivity contribution is 0.803. The molecule has 0 atom stereocenters. The summed E-state index contributed by atoms with van der Waals surface area (Å²) in [6.45, 7) is 0.